The first kappa shape index (κ1) is 15.3. The summed E-state index contributed by atoms with van der Waals surface area (Å²) < 4.78 is 5.19. The van der Waals surface area contributed by atoms with Crippen molar-refractivity contribution in [2.24, 2.45) is 5.73 Å². The lowest BCUT2D eigenvalue weighted by atomic mass is 10.0. The SMILES string of the molecule is NC(=O)COc1ccc(CN2CCCCC2C(=O)O)cc1. The highest BCUT2D eigenvalue weighted by Gasteiger charge is 2.28. The average molecular weight is 292 g/mol. The van der Waals surface area contributed by atoms with Crippen LogP contribution < -0.4 is 10.5 Å². The summed E-state index contributed by atoms with van der Waals surface area (Å²) in [5, 5.41) is 9.25. The van der Waals surface area contributed by atoms with Crippen LogP contribution in [0, 0.1) is 0 Å². The number of aliphatic carboxylic acids is 1. The molecule has 1 aliphatic heterocycles. The number of hydrogen-bond donors (Lipinski definition) is 2. The first-order valence-electron chi connectivity index (χ1n) is 7.03. The maximum atomic E-state index is 11.3. The van der Waals surface area contributed by atoms with Crippen molar-refractivity contribution in [1.82, 2.24) is 4.90 Å². The monoisotopic (exact) mass is 292 g/mol. The Hall–Kier alpha value is -2.08. The number of rotatable bonds is 6. The first-order chi connectivity index (χ1) is 10.1. The van der Waals surface area contributed by atoms with Gasteiger partial charge in [0, 0.05) is 6.54 Å². The van der Waals surface area contributed by atoms with Gasteiger partial charge < -0.3 is 15.6 Å². The van der Waals surface area contributed by atoms with E-state index in [2.05, 4.69) is 0 Å². The summed E-state index contributed by atoms with van der Waals surface area (Å²) in [6, 6.07) is 6.88. The number of carbonyl (C=O) groups excluding carboxylic acids is 1. The molecule has 21 heavy (non-hydrogen) atoms. The summed E-state index contributed by atoms with van der Waals surface area (Å²) in [7, 11) is 0. The summed E-state index contributed by atoms with van der Waals surface area (Å²) in [4.78, 5) is 23.9. The van der Waals surface area contributed by atoms with Gasteiger partial charge in [0.25, 0.3) is 5.91 Å². The number of likely N-dealkylation sites (tertiary alicyclic amines) is 1. The second kappa shape index (κ2) is 7.08. The number of carboxylic acid groups (broad SMARTS) is 1. The van der Waals surface area contributed by atoms with Crippen LogP contribution in [0.4, 0.5) is 0 Å². The third kappa shape index (κ3) is 4.46. The molecule has 3 N–H and O–H groups in total. The van der Waals surface area contributed by atoms with Crippen molar-refractivity contribution < 1.29 is 19.4 Å². The van der Waals surface area contributed by atoms with Gasteiger partial charge in [-0.25, -0.2) is 0 Å². The minimum Gasteiger partial charge on any atom is -0.484 e. The van der Waals surface area contributed by atoms with E-state index in [9.17, 15) is 14.7 Å². The van der Waals surface area contributed by atoms with Crippen LogP contribution >= 0.6 is 0 Å². The summed E-state index contributed by atoms with van der Waals surface area (Å²) in [6.07, 6.45) is 2.70. The predicted octanol–water partition coefficient (Wildman–Crippen LogP) is 0.990. The van der Waals surface area contributed by atoms with Crippen molar-refractivity contribution in [3.05, 3.63) is 29.8 Å². The van der Waals surface area contributed by atoms with Gasteiger partial charge in [-0.2, -0.15) is 0 Å². The average Bonchev–Trinajstić information content (AvgIpc) is 2.47. The van der Waals surface area contributed by atoms with E-state index in [0.29, 0.717) is 18.7 Å². The van der Waals surface area contributed by atoms with Gasteiger partial charge in [0.1, 0.15) is 11.8 Å². The second-order valence-electron chi connectivity index (χ2n) is 5.22. The Kier molecular flexibility index (Phi) is 5.16. The number of amides is 1. The molecule has 0 bridgehead atoms. The molecule has 1 saturated heterocycles. The number of nitrogens with zero attached hydrogens (tertiary/aromatic N) is 1. The fourth-order valence-corrected chi connectivity index (χ4v) is 2.54. The zero-order chi connectivity index (χ0) is 15.2. The van der Waals surface area contributed by atoms with Crippen LogP contribution in [0.2, 0.25) is 0 Å². The van der Waals surface area contributed by atoms with E-state index in [0.717, 1.165) is 24.9 Å². The Morgan fingerprint density at radius 2 is 2.00 bits per heavy atom. The number of ether oxygens (including phenoxy) is 1. The molecule has 6 heteroatoms. The zero-order valence-electron chi connectivity index (χ0n) is 11.8. The molecular weight excluding hydrogens is 272 g/mol. The molecule has 1 fully saturated rings. The summed E-state index contributed by atoms with van der Waals surface area (Å²) in [5.74, 6) is -0.696. The fourth-order valence-electron chi connectivity index (χ4n) is 2.54. The molecule has 114 valence electrons. The molecular formula is C15H20N2O4. The molecule has 1 aliphatic rings. The van der Waals surface area contributed by atoms with Crippen LogP contribution in [0.15, 0.2) is 24.3 Å². The van der Waals surface area contributed by atoms with Crippen molar-refractivity contribution in [2.45, 2.75) is 31.8 Å². The Balaban J connectivity index is 1.95. The zero-order valence-corrected chi connectivity index (χ0v) is 11.8. The van der Waals surface area contributed by atoms with Crippen molar-refractivity contribution in [3.8, 4) is 5.75 Å². The molecule has 0 aromatic heterocycles. The molecule has 0 aliphatic carbocycles. The molecule has 0 spiro atoms. The molecule has 1 aromatic rings. The van der Waals surface area contributed by atoms with Crippen molar-refractivity contribution >= 4 is 11.9 Å². The molecule has 0 radical (unpaired) electrons. The second-order valence-corrected chi connectivity index (χ2v) is 5.22. The first-order valence-corrected chi connectivity index (χ1v) is 7.03. The maximum absolute atomic E-state index is 11.3. The minimum atomic E-state index is -0.754. The lowest BCUT2D eigenvalue weighted by Crippen LogP contribution is -2.43. The molecule has 1 atom stereocenters. The Morgan fingerprint density at radius 1 is 1.29 bits per heavy atom. The molecule has 6 nitrogen and oxygen atoms in total. The number of piperidine rings is 1. The maximum Gasteiger partial charge on any atom is 0.320 e. The third-order valence-corrected chi connectivity index (χ3v) is 3.59. The van der Waals surface area contributed by atoms with Crippen LogP contribution in [0.1, 0.15) is 24.8 Å². The van der Waals surface area contributed by atoms with Crippen molar-refractivity contribution in [3.63, 3.8) is 0 Å². The molecule has 1 heterocycles. The minimum absolute atomic E-state index is 0.146. The van der Waals surface area contributed by atoms with E-state index in [1.54, 1.807) is 12.1 Å². The summed E-state index contributed by atoms with van der Waals surface area (Å²) in [6.45, 7) is 1.26. The van der Waals surface area contributed by atoms with Gasteiger partial charge in [-0.05, 0) is 37.1 Å². The number of benzene rings is 1. The number of carboxylic acids is 1. The van der Waals surface area contributed by atoms with Crippen LogP contribution in [0.5, 0.6) is 5.75 Å². The van der Waals surface area contributed by atoms with Crippen LogP contribution in [0.25, 0.3) is 0 Å². The standard InChI is InChI=1S/C15H20N2O4/c16-14(18)10-21-12-6-4-11(5-7-12)9-17-8-2-1-3-13(17)15(19)20/h4-7,13H,1-3,8-10H2,(H2,16,18)(H,19,20). The van der Waals surface area contributed by atoms with Gasteiger partial charge in [0.15, 0.2) is 6.61 Å². The van der Waals surface area contributed by atoms with Gasteiger partial charge in [-0.1, -0.05) is 18.6 Å². The molecule has 1 unspecified atom stereocenters. The highest BCUT2D eigenvalue weighted by atomic mass is 16.5. The van der Waals surface area contributed by atoms with E-state index in [4.69, 9.17) is 10.5 Å². The Labute approximate surface area is 123 Å². The van der Waals surface area contributed by atoms with E-state index in [1.807, 2.05) is 17.0 Å². The van der Waals surface area contributed by atoms with E-state index < -0.39 is 17.9 Å². The number of primary amides is 1. The highest BCUT2D eigenvalue weighted by molar-refractivity contribution is 5.75. The van der Waals surface area contributed by atoms with Gasteiger partial charge in [0.2, 0.25) is 0 Å². The molecule has 0 saturated carbocycles. The number of hydrogen-bond acceptors (Lipinski definition) is 4. The van der Waals surface area contributed by atoms with E-state index in [-0.39, 0.29) is 6.61 Å². The van der Waals surface area contributed by atoms with Crippen molar-refractivity contribution in [2.75, 3.05) is 13.2 Å². The lowest BCUT2D eigenvalue weighted by Gasteiger charge is -2.32. The quantitative estimate of drug-likeness (QED) is 0.815. The molecule has 1 aromatic carbocycles. The van der Waals surface area contributed by atoms with Crippen LogP contribution in [0.3, 0.4) is 0 Å². The van der Waals surface area contributed by atoms with E-state index in [1.165, 1.54) is 0 Å². The summed E-state index contributed by atoms with van der Waals surface area (Å²) >= 11 is 0. The summed E-state index contributed by atoms with van der Waals surface area (Å²) in [5.41, 5.74) is 6.03. The normalized spacial score (nSPS) is 19.1. The Morgan fingerprint density at radius 3 is 2.62 bits per heavy atom. The molecule has 1 amide bonds. The van der Waals surface area contributed by atoms with Gasteiger partial charge in [0.05, 0.1) is 0 Å². The third-order valence-electron chi connectivity index (χ3n) is 3.59. The van der Waals surface area contributed by atoms with Gasteiger partial charge >= 0.3 is 5.97 Å². The van der Waals surface area contributed by atoms with Crippen molar-refractivity contribution in [1.29, 1.82) is 0 Å². The highest BCUT2D eigenvalue weighted by Crippen LogP contribution is 2.21. The smallest absolute Gasteiger partial charge is 0.320 e. The Bertz CT molecular complexity index is 501. The van der Waals surface area contributed by atoms with Crippen LogP contribution in [-0.2, 0) is 16.1 Å². The molecule has 2 rings (SSSR count). The largest absolute Gasteiger partial charge is 0.484 e. The topological polar surface area (TPSA) is 92.9 Å². The predicted molar refractivity (Wildman–Crippen MR) is 76.8 cm³/mol. The number of nitrogens with two attached hydrogens (primary N) is 1. The van der Waals surface area contributed by atoms with Gasteiger partial charge in [-0.15, -0.1) is 0 Å². The number of carbonyl (C=O) groups is 2. The van der Waals surface area contributed by atoms with E-state index >= 15 is 0 Å². The lowest BCUT2D eigenvalue weighted by molar-refractivity contribution is -0.144. The van der Waals surface area contributed by atoms with Gasteiger partial charge in [-0.3, -0.25) is 14.5 Å². The fraction of sp³-hybridized carbons (Fsp3) is 0.467. The van der Waals surface area contributed by atoms with Crippen LogP contribution in [-0.4, -0.2) is 41.1 Å².